The molecular formula is C18H24Cl2CrNS. The van der Waals surface area contributed by atoms with Crippen LogP contribution in [0.2, 0.25) is 0 Å². The van der Waals surface area contributed by atoms with Crippen molar-refractivity contribution in [3.63, 3.8) is 0 Å². The third-order valence-corrected chi connectivity index (χ3v) is 5.32. The second kappa shape index (κ2) is 9.45. The van der Waals surface area contributed by atoms with Gasteiger partial charge in [0.05, 0.1) is 5.01 Å². The van der Waals surface area contributed by atoms with E-state index in [0.717, 1.165) is 12.1 Å². The van der Waals surface area contributed by atoms with E-state index in [0.29, 0.717) is 5.92 Å². The first-order chi connectivity index (χ1) is 10.5. The van der Waals surface area contributed by atoms with E-state index in [1.54, 1.807) is 22.5 Å². The van der Waals surface area contributed by atoms with Crippen LogP contribution in [0, 0.1) is 19.8 Å². The van der Waals surface area contributed by atoms with E-state index in [-0.39, 0.29) is 26.2 Å². The number of aromatic nitrogens is 1. The Hall–Kier alpha value is -0.0375. The molecule has 1 aromatic heterocycles. The van der Waals surface area contributed by atoms with Crippen LogP contribution in [0.15, 0.2) is 29.6 Å². The minimum atomic E-state index is -0.181. The Bertz CT molecular complexity index is 613. The summed E-state index contributed by atoms with van der Waals surface area (Å²) < 4.78 is 0. The second-order valence-corrected chi connectivity index (χ2v) is 9.44. The summed E-state index contributed by atoms with van der Waals surface area (Å²) in [5.74, 6) is 0.674. The van der Waals surface area contributed by atoms with Crippen LogP contribution in [0.5, 0.6) is 0 Å². The van der Waals surface area contributed by atoms with Crippen LogP contribution in [0.1, 0.15) is 48.0 Å². The Morgan fingerprint density at radius 3 is 2.57 bits per heavy atom. The molecule has 127 valence electrons. The molecule has 0 N–H and O–H groups in total. The number of fused-ring (bicyclic) bond motifs is 1. The number of halogens is 2. The normalized spacial score (nSPS) is 16.0. The van der Waals surface area contributed by atoms with Crippen LogP contribution < -0.4 is 0 Å². The fourth-order valence-corrected chi connectivity index (χ4v) is 4.38. The topological polar surface area (TPSA) is 12.9 Å². The summed E-state index contributed by atoms with van der Waals surface area (Å²) in [7, 11) is 9.65. The van der Waals surface area contributed by atoms with Crippen LogP contribution in [-0.2, 0) is 26.2 Å². The number of aryl methyl sites for hydroxylation is 2. The number of hydrogen-bond acceptors (Lipinski definition) is 2. The molecule has 23 heavy (non-hydrogen) atoms. The van der Waals surface area contributed by atoms with Gasteiger partial charge in [-0.25, -0.2) is 4.98 Å². The fourth-order valence-electron chi connectivity index (χ4n) is 3.37. The van der Waals surface area contributed by atoms with Crippen molar-refractivity contribution < 1.29 is 13.4 Å². The zero-order valence-corrected chi connectivity index (χ0v) is 17.7. The van der Waals surface area contributed by atoms with Crippen LogP contribution >= 0.6 is 31.4 Å². The summed E-state index contributed by atoms with van der Waals surface area (Å²) in [4.78, 5) is 4.64. The van der Waals surface area contributed by atoms with Crippen molar-refractivity contribution in [2.75, 3.05) is 0 Å². The monoisotopic (exact) mass is 408 g/mol. The van der Waals surface area contributed by atoms with Crippen molar-refractivity contribution in [3.8, 4) is 0 Å². The molecule has 1 atom stereocenters. The molecule has 0 radical (unpaired) electrons. The molecule has 1 heterocycles. The van der Waals surface area contributed by atoms with Gasteiger partial charge in [-0.1, -0.05) is 38.1 Å². The molecule has 0 aliphatic heterocycles. The Labute approximate surface area is 159 Å². The Morgan fingerprint density at radius 2 is 1.96 bits per heavy atom. The van der Waals surface area contributed by atoms with Gasteiger partial charge in [-0.2, -0.15) is 0 Å². The predicted octanol–water partition coefficient (Wildman–Crippen LogP) is 6.58. The number of thiazole rings is 1. The Morgan fingerprint density at radius 1 is 1.30 bits per heavy atom. The zero-order chi connectivity index (χ0) is 16.2. The Kier molecular flexibility index (Phi) is 8.63. The van der Waals surface area contributed by atoms with E-state index in [1.807, 2.05) is 0 Å². The van der Waals surface area contributed by atoms with Crippen molar-refractivity contribution in [2.45, 2.75) is 46.0 Å². The van der Waals surface area contributed by atoms with Gasteiger partial charge in [0, 0.05) is 17.5 Å². The summed E-state index contributed by atoms with van der Waals surface area (Å²) in [6, 6.07) is 8.96. The summed E-state index contributed by atoms with van der Waals surface area (Å²) in [5, 5.41) is 3.44. The first-order valence-corrected chi connectivity index (χ1v) is 11.7. The van der Waals surface area contributed by atoms with Crippen molar-refractivity contribution >= 4 is 31.4 Å². The number of benzene rings is 1. The van der Waals surface area contributed by atoms with E-state index in [2.05, 4.69) is 55.4 Å². The van der Waals surface area contributed by atoms with Gasteiger partial charge in [0.25, 0.3) is 0 Å². The van der Waals surface area contributed by atoms with Gasteiger partial charge in [-0.05, 0) is 42.2 Å². The van der Waals surface area contributed by atoms with Gasteiger partial charge in [0.2, 0.25) is 0 Å². The second-order valence-electron chi connectivity index (χ2n) is 6.40. The quantitative estimate of drug-likeness (QED) is 0.522. The van der Waals surface area contributed by atoms with Crippen molar-refractivity contribution in [1.29, 1.82) is 0 Å². The van der Waals surface area contributed by atoms with Gasteiger partial charge < -0.3 is 7.43 Å². The molecule has 0 saturated carbocycles. The SMILES string of the molecule is Cc1csc(CC(C)(C)C2CCc3ccccc32)n1.[CH3-].[Cl][Cr+][Cl]. The standard InChI is InChI=1S/C17H21NS.CH3.2ClH.Cr/c1-12-11-19-16(18-12)10-17(2,3)15-9-8-13-6-4-5-7-14(13)15;;;;/h4-7,11,15H,8-10H2,1-3H3;1H3;2*1H;/q;-1;;;+3/p-2. The van der Waals surface area contributed by atoms with Crippen molar-refractivity contribution in [2.24, 2.45) is 5.41 Å². The van der Waals surface area contributed by atoms with Crippen molar-refractivity contribution in [3.05, 3.63) is 58.9 Å². The van der Waals surface area contributed by atoms with Gasteiger partial charge >= 0.3 is 33.5 Å². The van der Waals surface area contributed by atoms with Crippen molar-refractivity contribution in [1.82, 2.24) is 4.98 Å². The number of rotatable bonds is 3. The molecule has 0 saturated heterocycles. The molecule has 0 amide bonds. The third-order valence-electron chi connectivity index (χ3n) is 4.35. The maximum absolute atomic E-state index is 4.83. The first-order valence-electron chi connectivity index (χ1n) is 7.36. The van der Waals surface area contributed by atoms with Crippen LogP contribution in [-0.4, -0.2) is 4.98 Å². The first kappa shape index (κ1) is 21.0. The average molecular weight is 409 g/mol. The van der Waals surface area contributed by atoms with Gasteiger partial charge in [0.15, 0.2) is 0 Å². The molecule has 0 bridgehead atoms. The fraction of sp³-hybridized carbons (Fsp3) is 0.444. The van der Waals surface area contributed by atoms with E-state index < -0.39 is 0 Å². The average Bonchev–Trinajstić information content (AvgIpc) is 3.05. The summed E-state index contributed by atoms with van der Waals surface area (Å²) >= 11 is 1.62. The minimum absolute atomic E-state index is 0. The van der Waals surface area contributed by atoms with Gasteiger partial charge in [0.1, 0.15) is 0 Å². The van der Waals surface area contributed by atoms with Gasteiger partial charge in [-0.3, -0.25) is 0 Å². The van der Waals surface area contributed by atoms with Crippen LogP contribution in [0.4, 0.5) is 0 Å². The maximum atomic E-state index is 4.83. The molecule has 5 heteroatoms. The van der Waals surface area contributed by atoms with E-state index in [4.69, 9.17) is 20.1 Å². The molecule has 1 aliphatic rings. The van der Waals surface area contributed by atoms with E-state index >= 15 is 0 Å². The van der Waals surface area contributed by atoms with E-state index in [1.165, 1.54) is 17.8 Å². The molecule has 3 rings (SSSR count). The predicted molar refractivity (Wildman–Crippen MR) is 100.0 cm³/mol. The molecular weight excluding hydrogens is 385 g/mol. The molecule has 0 fully saturated rings. The molecule has 2 aromatic rings. The summed E-state index contributed by atoms with van der Waals surface area (Å²) in [6.45, 7) is 6.88. The zero-order valence-electron chi connectivity index (χ0n) is 14.1. The van der Waals surface area contributed by atoms with Crippen LogP contribution in [0.25, 0.3) is 0 Å². The summed E-state index contributed by atoms with van der Waals surface area (Å²) in [6.07, 6.45) is 3.61. The molecule has 1 nitrogen and oxygen atoms in total. The molecule has 1 aromatic carbocycles. The number of nitrogens with zero attached hydrogens (tertiary/aromatic N) is 1. The summed E-state index contributed by atoms with van der Waals surface area (Å²) in [5.41, 5.74) is 4.57. The van der Waals surface area contributed by atoms with Gasteiger partial charge in [-0.15, -0.1) is 11.3 Å². The molecule has 1 unspecified atom stereocenters. The van der Waals surface area contributed by atoms with E-state index in [9.17, 15) is 0 Å². The molecule has 1 aliphatic carbocycles. The Balaban J connectivity index is 0.000000615. The van der Waals surface area contributed by atoms with Crippen LogP contribution in [0.3, 0.4) is 0 Å². The number of hydrogen-bond donors (Lipinski definition) is 0. The third kappa shape index (κ3) is 5.48. The molecule has 0 spiro atoms.